The van der Waals surface area contributed by atoms with Crippen molar-refractivity contribution in [2.24, 2.45) is 0 Å². The number of rotatable bonds is 3. The third-order valence-corrected chi connectivity index (χ3v) is 3.42. The minimum Gasteiger partial charge on any atom is -0.492 e. The molecule has 0 amide bonds. The summed E-state index contributed by atoms with van der Waals surface area (Å²) in [6, 6.07) is 13.7. The van der Waals surface area contributed by atoms with Crippen LogP contribution in [0.3, 0.4) is 0 Å². The quantitative estimate of drug-likeness (QED) is 0.798. The molecule has 0 unspecified atom stereocenters. The Morgan fingerprint density at radius 1 is 1.29 bits per heavy atom. The van der Waals surface area contributed by atoms with Crippen LogP contribution in [0.1, 0.15) is 29.4 Å². The summed E-state index contributed by atoms with van der Waals surface area (Å²) in [5.74, 6) is 0.479. The number of nitriles is 1. The zero-order valence-corrected chi connectivity index (χ0v) is 11.6. The van der Waals surface area contributed by atoms with Gasteiger partial charge < -0.3 is 5.11 Å². The fourth-order valence-electron chi connectivity index (χ4n) is 2.35. The molecule has 3 rings (SSSR count). The van der Waals surface area contributed by atoms with Crippen LogP contribution in [0.4, 0.5) is 0 Å². The molecular formula is C16H14N4O. The van der Waals surface area contributed by atoms with Gasteiger partial charge in [0.1, 0.15) is 11.6 Å². The molecule has 2 heterocycles. The second-order valence-corrected chi connectivity index (χ2v) is 4.79. The predicted octanol–water partition coefficient (Wildman–Crippen LogP) is 2.46. The molecule has 1 N–H and O–H groups in total. The van der Waals surface area contributed by atoms with E-state index in [-0.39, 0.29) is 11.4 Å². The number of fused-ring (bicyclic) bond motifs is 1. The molecule has 2 aromatic heterocycles. The van der Waals surface area contributed by atoms with Gasteiger partial charge in [0.15, 0.2) is 11.5 Å². The number of benzene rings is 1. The van der Waals surface area contributed by atoms with E-state index < -0.39 is 0 Å². The highest BCUT2D eigenvalue weighted by Gasteiger charge is 2.15. The fourth-order valence-corrected chi connectivity index (χ4v) is 2.35. The van der Waals surface area contributed by atoms with E-state index in [0.717, 1.165) is 11.1 Å². The summed E-state index contributed by atoms with van der Waals surface area (Å²) in [5.41, 5.74) is 2.71. The second kappa shape index (κ2) is 5.25. The molecular weight excluding hydrogens is 264 g/mol. The van der Waals surface area contributed by atoms with Crippen molar-refractivity contribution in [3.05, 3.63) is 58.9 Å². The molecule has 0 aliphatic carbocycles. The van der Waals surface area contributed by atoms with E-state index in [9.17, 15) is 5.11 Å². The van der Waals surface area contributed by atoms with Gasteiger partial charge in [-0.2, -0.15) is 9.78 Å². The Labute approximate surface area is 122 Å². The summed E-state index contributed by atoms with van der Waals surface area (Å²) in [4.78, 5) is 4.44. The smallest absolute Gasteiger partial charge is 0.232 e. The summed E-state index contributed by atoms with van der Waals surface area (Å²) in [6.45, 7) is 1.94. The first kappa shape index (κ1) is 13.1. The number of hydrogen-bond donors (Lipinski definition) is 1. The Bertz CT molecular complexity index is 831. The topological polar surface area (TPSA) is 74.2 Å². The fraction of sp³-hybridized carbons (Fsp3) is 0.188. The van der Waals surface area contributed by atoms with Crippen LogP contribution in [0, 0.1) is 11.3 Å². The number of aryl methyl sites for hydroxylation is 1. The van der Waals surface area contributed by atoms with Gasteiger partial charge >= 0.3 is 0 Å². The van der Waals surface area contributed by atoms with Gasteiger partial charge in [-0.15, -0.1) is 5.10 Å². The zero-order chi connectivity index (χ0) is 14.8. The number of nitrogens with zero attached hydrogens (tertiary/aromatic N) is 4. The van der Waals surface area contributed by atoms with Gasteiger partial charge in [0.05, 0.1) is 0 Å². The van der Waals surface area contributed by atoms with E-state index in [2.05, 4.69) is 10.1 Å². The standard InChI is InChI=1S/C16H14N4O/c1-2-12-9-15-18-14(8-11-6-4-3-5-7-11)19-20(15)16(21)13(12)10-17/h3-7,9,21H,2,8H2,1H3. The third-order valence-electron chi connectivity index (χ3n) is 3.42. The normalized spacial score (nSPS) is 10.7. The van der Waals surface area contributed by atoms with Crippen LogP contribution in [0.15, 0.2) is 36.4 Å². The molecule has 0 spiro atoms. The molecule has 1 aromatic carbocycles. The molecule has 5 nitrogen and oxygen atoms in total. The molecule has 5 heteroatoms. The van der Waals surface area contributed by atoms with Crippen LogP contribution in [0.5, 0.6) is 5.88 Å². The lowest BCUT2D eigenvalue weighted by molar-refractivity contribution is 0.433. The third kappa shape index (κ3) is 2.32. The van der Waals surface area contributed by atoms with Crippen molar-refractivity contribution in [2.75, 3.05) is 0 Å². The second-order valence-electron chi connectivity index (χ2n) is 4.79. The first-order valence-corrected chi connectivity index (χ1v) is 6.77. The highest BCUT2D eigenvalue weighted by Crippen LogP contribution is 2.23. The molecule has 0 aliphatic heterocycles. The molecule has 0 bridgehead atoms. The number of aromatic hydroxyl groups is 1. The Morgan fingerprint density at radius 2 is 2.05 bits per heavy atom. The SMILES string of the molecule is CCc1cc2nc(Cc3ccccc3)nn2c(O)c1C#N. The van der Waals surface area contributed by atoms with E-state index in [1.54, 1.807) is 6.07 Å². The van der Waals surface area contributed by atoms with Crippen molar-refractivity contribution < 1.29 is 5.11 Å². The highest BCUT2D eigenvalue weighted by molar-refractivity contribution is 5.54. The minimum atomic E-state index is -0.140. The number of aromatic nitrogens is 3. The lowest BCUT2D eigenvalue weighted by Crippen LogP contribution is -1.97. The van der Waals surface area contributed by atoms with E-state index in [1.807, 2.05) is 43.3 Å². The van der Waals surface area contributed by atoms with E-state index in [4.69, 9.17) is 5.26 Å². The molecule has 0 saturated heterocycles. The molecule has 0 atom stereocenters. The van der Waals surface area contributed by atoms with Crippen molar-refractivity contribution in [2.45, 2.75) is 19.8 Å². The summed E-state index contributed by atoms with van der Waals surface area (Å²) in [5, 5.41) is 23.6. The van der Waals surface area contributed by atoms with Gasteiger partial charge in [0.2, 0.25) is 5.88 Å². The van der Waals surface area contributed by atoms with Gasteiger partial charge in [0.25, 0.3) is 0 Å². The van der Waals surface area contributed by atoms with Crippen molar-refractivity contribution in [3.8, 4) is 11.9 Å². The summed E-state index contributed by atoms with van der Waals surface area (Å²) >= 11 is 0. The van der Waals surface area contributed by atoms with Gasteiger partial charge in [-0.05, 0) is 23.6 Å². The average molecular weight is 278 g/mol. The van der Waals surface area contributed by atoms with Crippen molar-refractivity contribution in [1.82, 2.24) is 14.6 Å². The van der Waals surface area contributed by atoms with Crippen LogP contribution in [0.2, 0.25) is 0 Å². The predicted molar refractivity (Wildman–Crippen MR) is 78.0 cm³/mol. The van der Waals surface area contributed by atoms with Gasteiger partial charge in [0, 0.05) is 6.42 Å². The molecule has 21 heavy (non-hydrogen) atoms. The lowest BCUT2D eigenvalue weighted by atomic mass is 10.1. The maximum absolute atomic E-state index is 10.2. The van der Waals surface area contributed by atoms with E-state index >= 15 is 0 Å². The maximum atomic E-state index is 10.2. The Balaban J connectivity index is 2.08. The molecule has 104 valence electrons. The summed E-state index contributed by atoms with van der Waals surface area (Å²) in [6.07, 6.45) is 1.25. The van der Waals surface area contributed by atoms with Crippen LogP contribution < -0.4 is 0 Å². The van der Waals surface area contributed by atoms with Crippen LogP contribution in [-0.2, 0) is 12.8 Å². The lowest BCUT2D eigenvalue weighted by Gasteiger charge is -2.03. The van der Waals surface area contributed by atoms with Crippen LogP contribution in [-0.4, -0.2) is 19.7 Å². The Morgan fingerprint density at radius 3 is 2.71 bits per heavy atom. The zero-order valence-electron chi connectivity index (χ0n) is 11.6. The monoisotopic (exact) mass is 278 g/mol. The largest absolute Gasteiger partial charge is 0.492 e. The van der Waals surface area contributed by atoms with Gasteiger partial charge in [-0.3, -0.25) is 0 Å². The van der Waals surface area contributed by atoms with E-state index in [0.29, 0.717) is 24.3 Å². The molecule has 3 aromatic rings. The van der Waals surface area contributed by atoms with Crippen molar-refractivity contribution >= 4 is 5.65 Å². The van der Waals surface area contributed by atoms with Crippen LogP contribution >= 0.6 is 0 Å². The van der Waals surface area contributed by atoms with E-state index in [1.165, 1.54) is 4.52 Å². The molecule has 0 fully saturated rings. The average Bonchev–Trinajstić information content (AvgIpc) is 2.91. The first-order chi connectivity index (χ1) is 10.2. The van der Waals surface area contributed by atoms with Crippen molar-refractivity contribution in [3.63, 3.8) is 0 Å². The highest BCUT2D eigenvalue weighted by atomic mass is 16.3. The Kier molecular flexibility index (Phi) is 3.28. The van der Waals surface area contributed by atoms with Gasteiger partial charge in [-0.25, -0.2) is 4.98 Å². The summed E-state index contributed by atoms with van der Waals surface area (Å²) in [7, 11) is 0. The first-order valence-electron chi connectivity index (χ1n) is 6.77. The molecule has 0 saturated carbocycles. The summed E-state index contributed by atoms with van der Waals surface area (Å²) < 4.78 is 1.33. The number of hydrogen-bond acceptors (Lipinski definition) is 4. The Hall–Kier alpha value is -2.87. The molecule has 0 radical (unpaired) electrons. The minimum absolute atomic E-state index is 0.140. The number of pyridine rings is 1. The maximum Gasteiger partial charge on any atom is 0.232 e. The van der Waals surface area contributed by atoms with Gasteiger partial charge in [-0.1, -0.05) is 37.3 Å². The van der Waals surface area contributed by atoms with Crippen LogP contribution in [0.25, 0.3) is 5.65 Å². The molecule has 0 aliphatic rings. The van der Waals surface area contributed by atoms with Crippen molar-refractivity contribution in [1.29, 1.82) is 5.26 Å².